The predicted molar refractivity (Wildman–Crippen MR) is 114 cm³/mol. The molecular formula is C22H27N3O4. The van der Waals surface area contributed by atoms with Crippen LogP contribution in [0.15, 0.2) is 46.5 Å². The minimum atomic E-state index is -0.572. The Kier molecular flexibility index (Phi) is 7.77. The maximum absolute atomic E-state index is 11.8. The highest BCUT2D eigenvalue weighted by Crippen LogP contribution is 2.31. The van der Waals surface area contributed by atoms with E-state index in [-0.39, 0.29) is 5.71 Å². The molecule has 2 aromatic rings. The van der Waals surface area contributed by atoms with E-state index in [1.165, 1.54) is 14.2 Å². The summed E-state index contributed by atoms with van der Waals surface area (Å²) in [5.41, 5.74) is 3.56. The summed E-state index contributed by atoms with van der Waals surface area (Å²) >= 11 is 0. The van der Waals surface area contributed by atoms with Gasteiger partial charge in [0, 0.05) is 19.2 Å². The zero-order valence-electron chi connectivity index (χ0n) is 17.7. The molecule has 154 valence electrons. The van der Waals surface area contributed by atoms with E-state index in [1.54, 1.807) is 24.3 Å². The summed E-state index contributed by atoms with van der Waals surface area (Å²) in [6, 6.07) is 11.0. The van der Waals surface area contributed by atoms with Crippen molar-refractivity contribution in [1.29, 1.82) is 0 Å². The monoisotopic (exact) mass is 397 g/mol. The van der Waals surface area contributed by atoms with Crippen molar-refractivity contribution >= 4 is 23.7 Å². The molecule has 0 heterocycles. The fourth-order valence-electron chi connectivity index (χ4n) is 2.47. The number of hydrogen-bond donors (Lipinski definition) is 0. The number of ether oxygens (including phenoxy) is 2. The lowest BCUT2D eigenvalue weighted by Gasteiger charge is -2.13. The fraction of sp³-hybridized carbons (Fsp3) is 0.318. The van der Waals surface area contributed by atoms with Crippen LogP contribution in [0.25, 0.3) is 0 Å². The SMILES string of the molecule is CCN(C)C=Nc1cc(C)c(Oc2ccc(/C(=N\OC)C(=O)OC)cc2)cc1C. The van der Waals surface area contributed by atoms with Gasteiger partial charge in [0.1, 0.15) is 18.6 Å². The molecule has 0 saturated carbocycles. The van der Waals surface area contributed by atoms with Gasteiger partial charge in [-0.2, -0.15) is 0 Å². The highest BCUT2D eigenvalue weighted by molar-refractivity contribution is 6.43. The molecule has 29 heavy (non-hydrogen) atoms. The number of carbonyl (C=O) groups is 1. The van der Waals surface area contributed by atoms with Gasteiger partial charge in [0.05, 0.1) is 19.1 Å². The van der Waals surface area contributed by atoms with Gasteiger partial charge in [-0.25, -0.2) is 9.79 Å². The first-order valence-electron chi connectivity index (χ1n) is 9.23. The molecule has 0 fully saturated rings. The molecule has 0 aliphatic heterocycles. The Morgan fingerprint density at radius 1 is 1.10 bits per heavy atom. The van der Waals surface area contributed by atoms with Gasteiger partial charge >= 0.3 is 5.97 Å². The summed E-state index contributed by atoms with van der Waals surface area (Å²) in [7, 11) is 4.65. The maximum atomic E-state index is 11.8. The molecule has 7 heteroatoms. The van der Waals surface area contributed by atoms with Crippen LogP contribution in [-0.4, -0.2) is 50.7 Å². The standard InChI is InChI=1S/C22H27N3O4/c1-7-25(4)14-23-19-12-16(3)20(13-15(19)2)29-18-10-8-17(9-11-18)21(24-28-6)22(26)27-5/h8-14H,7H2,1-6H3/b23-14?,24-21+. The summed E-state index contributed by atoms with van der Waals surface area (Å²) in [5, 5.41) is 3.73. The van der Waals surface area contributed by atoms with E-state index < -0.39 is 5.97 Å². The van der Waals surface area contributed by atoms with Crippen molar-refractivity contribution in [1.82, 2.24) is 4.90 Å². The summed E-state index contributed by atoms with van der Waals surface area (Å²) in [5.74, 6) is 0.813. The second kappa shape index (κ2) is 10.3. The van der Waals surface area contributed by atoms with Gasteiger partial charge < -0.3 is 19.2 Å². The maximum Gasteiger partial charge on any atom is 0.360 e. The lowest BCUT2D eigenvalue weighted by atomic mass is 10.1. The van der Waals surface area contributed by atoms with Crippen LogP contribution in [0.1, 0.15) is 23.6 Å². The van der Waals surface area contributed by atoms with Crippen molar-refractivity contribution in [2.24, 2.45) is 10.1 Å². The largest absolute Gasteiger partial charge is 0.464 e. The Morgan fingerprint density at radius 3 is 2.38 bits per heavy atom. The van der Waals surface area contributed by atoms with E-state index in [1.807, 2.05) is 44.3 Å². The molecule has 7 nitrogen and oxygen atoms in total. The summed E-state index contributed by atoms with van der Waals surface area (Å²) in [6.45, 7) is 6.94. The van der Waals surface area contributed by atoms with Crippen molar-refractivity contribution < 1.29 is 19.1 Å². The number of methoxy groups -OCH3 is 1. The summed E-state index contributed by atoms with van der Waals surface area (Å²) in [4.78, 5) is 23.1. The number of benzene rings is 2. The fourth-order valence-corrected chi connectivity index (χ4v) is 2.47. The van der Waals surface area contributed by atoms with E-state index in [0.717, 1.165) is 29.1 Å². The van der Waals surface area contributed by atoms with Gasteiger partial charge in [-0.15, -0.1) is 0 Å². The lowest BCUT2D eigenvalue weighted by Crippen LogP contribution is -2.17. The van der Waals surface area contributed by atoms with Crippen LogP contribution in [0.3, 0.4) is 0 Å². The van der Waals surface area contributed by atoms with Crippen LogP contribution in [0, 0.1) is 13.8 Å². The van der Waals surface area contributed by atoms with Crippen LogP contribution >= 0.6 is 0 Å². The van der Waals surface area contributed by atoms with Crippen LogP contribution < -0.4 is 4.74 Å². The highest BCUT2D eigenvalue weighted by atomic mass is 16.6. The Morgan fingerprint density at radius 2 is 1.79 bits per heavy atom. The topological polar surface area (TPSA) is 72.7 Å². The molecule has 0 bridgehead atoms. The van der Waals surface area contributed by atoms with E-state index in [4.69, 9.17) is 14.3 Å². The molecule has 0 spiro atoms. The third kappa shape index (κ3) is 5.81. The van der Waals surface area contributed by atoms with Crippen LogP contribution in [0.2, 0.25) is 0 Å². The van der Waals surface area contributed by atoms with Crippen LogP contribution in [-0.2, 0) is 14.4 Å². The van der Waals surface area contributed by atoms with Gasteiger partial charge in [0.15, 0.2) is 5.71 Å². The normalized spacial score (nSPS) is 11.4. The molecule has 0 N–H and O–H groups in total. The molecule has 0 aliphatic carbocycles. The number of nitrogens with zero attached hydrogens (tertiary/aromatic N) is 3. The zero-order chi connectivity index (χ0) is 21.4. The molecule has 0 aromatic heterocycles. The van der Waals surface area contributed by atoms with Crippen molar-refractivity contribution in [3.63, 3.8) is 0 Å². The van der Waals surface area contributed by atoms with Crippen LogP contribution in [0.4, 0.5) is 5.69 Å². The predicted octanol–water partition coefficient (Wildman–Crippen LogP) is 4.23. The molecule has 0 amide bonds. The smallest absolute Gasteiger partial charge is 0.360 e. The number of aliphatic imine (C=N–C) groups is 1. The molecule has 2 rings (SSSR count). The molecule has 0 saturated heterocycles. The number of esters is 1. The van der Waals surface area contributed by atoms with Crippen molar-refractivity contribution in [3.8, 4) is 11.5 Å². The molecular weight excluding hydrogens is 370 g/mol. The Balaban J connectivity index is 2.22. The second-order valence-electron chi connectivity index (χ2n) is 6.46. The summed E-state index contributed by atoms with van der Waals surface area (Å²) in [6.07, 6.45) is 1.82. The average Bonchev–Trinajstić information content (AvgIpc) is 2.73. The number of hydrogen-bond acceptors (Lipinski definition) is 6. The van der Waals surface area contributed by atoms with Gasteiger partial charge in [0.25, 0.3) is 0 Å². The summed E-state index contributed by atoms with van der Waals surface area (Å²) < 4.78 is 10.8. The van der Waals surface area contributed by atoms with Crippen LogP contribution in [0.5, 0.6) is 11.5 Å². The van der Waals surface area contributed by atoms with Crippen molar-refractivity contribution in [2.75, 3.05) is 27.8 Å². The molecule has 0 unspecified atom stereocenters. The molecule has 0 atom stereocenters. The highest BCUT2D eigenvalue weighted by Gasteiger charge is 2.16. The third-order valence-corrected chi connectivity index (χ3v) is 4.30. The Bertz CT molecular complexity index is 905. The Labute approximate surface area is 171 Å². The number of rotatable bonds is 8. The van der Waals surface area contributed by atoms with Gasteiger partial charge in [-0.05, 0) is 68.3 Å². The third-order valence-electron chi connectivity index (χ3n) is 4.30. The molecule has 0 radical (unpaired) electrons. The molecule has 0 aliphatic rings. The van der Waals surface area contributed by atoms with Gasteiger partial charge in [-0.3, -0.25) is 0 Å². The Hall–Kier alpha value is -3.35. The number of aryl methyl sites for hydroxylation is 2. The van der Waals surface area contributed by atoms with E-state index in [2.05, 4.69) is 17.1 Å². The minimum absolute atomic E-state index is 0.0906. The number of carbonyl (C=O) groups excluding carboxylic acids is 1. The minimum Gasteiger partial charge on any atom is -0.464 e. The first-order chi connectivity index (χ1) is 13.9. The van der Waals surface area contributed by atoms with Crippen molar-refractivity contribution in [3.05, 3.63) is 53.1 Å². The van der Waals surface area contributed by atoms with E-state index >= 15 is 0 Å². The quantitative estimate of drug-likeness (QED) is 0.288. The van der Waals surface area contributed by atoms with Gasteiger partial charge in [0.2, 0.25) is 0 Å². The molecule has 2 aromatic carbocycles. The van der Waals surface area contributed by atoms with E-state index in [9.17, 15) is 4.79 Å². The zero-order valence-corrected chi connectivity index (χ0v) is 17.7. The van der Waals surface area contributed by atoms with Gasteiger partial charge in [-0.1, -0.05) is 5.16 Å². The second-order valence-corrected chi connectivity index (χ2v) is 6.46. The first-order valence-corrected chi connectivity index (χ1v) is 9.23. The first kappa shape index (κ1) is 21.9. The van der Waals surface area contributed by atoms with E-state index in [0.29, 0.717) is 11.3 Å². The lowest BCUT2D eigenvalue weighted by molar-refractivity contribution is -0.132. The number of oxime groups is 1. The van der Waals surface area contributed by atoms with Crippen molar-refractivity contribution in [2.45, 2.75) is 20.8 Å². The average molecular weight is 397 g/mol.